The molecular weight excluding hydrogens is 330 g/mol. The van der Waals surface area contributed by atoms with Crippen molar-refractivity contribution in [3.8, 4) is 0 Å². The van der Waals surface area contributed by atoms with E-state index in [0.717, 1.165) is 10.9 Å². The molecule has 0 radical (unpaired) electrons. The first kappa shape index (κ1) is 14.1. The SMILES string of the molecule is CCc1ncc(S(=O)(=O)Nc2ccc(CBr)cc2)[nH]1. The number of aromatic amines is 1. The Bertz CT molecular complexity index is 650. The molecule has 0 bridgehead atoms. The lowest BCUT2D eigenvalue weighted by Crippen LogP contribution is -2.13. The van der Waals surface area contributed by atoms with E-state index in [4.69, 9.17) is 0 Å². The van der Waals surface area contributed by atoms with Crippen LogP contribution in [0.15, 0.2) is 35.5 Å². The number of benzene rings is 1. The molecule has 0 saturated carbocycles. The number of alkyl halides is 1. The predicted molar refractivity (Wildman–Crippen MR) is 77.8 cm³/mol. The second-order valence-corrected chi connectivity index (χ2v) is 6.20. The van der Waals surface area contributed by atoms with Crippen LogP contribution in [0.25, 0.3) is 0 Å². The molecule has 19 heavy (non-hydrogen) atoms. The van der Waals surface area contributed by atoms with E-state index in [1.54, 1.807) is 12.1 Å². The van der Waals surface area contributed by atoms with E-state index in [2.05, 4.69) is 30.6 Å². The number of aryl methyl sites for hydroxylation is 1. The van der Waals surface area contributed by atoms with Crippen LogP contribution in [0.5, 0.6) is 0 Å². The molecule has 1 heterocycles. The van der Waals surface area contributed by atoms with Crippen LogP contribution in [0.4, 0.5) is 5.69 Å². The molecule has 1 aromatic carbocycles. The zero-order chi connectivity index (χ0) is 13.9. The molecule has 0 fully saturated rings. The number of hydrogen-bond donors (Lipinski definition) is 2. The van der Waals surface area contributed by atoms with Crippen LogP contribution in [0.1, 0.15) is 18.3 Å². The van der Waals surface area contributed by atoms with Gasteiger partial charge >= 0.3 is 0 Å². The zero-order valence-corrected chi connectivity index (χ0v) is 12.8. The minimum absolute atomic E-state index is 0.0777. The monoisotopic (exact) mass is 343 g/mol. The molecule has 0 aliphatic carbocycles. The van der Waals surface area contributed by atoms with Gasteiger partial charge < -0.3 is 4.98 Å². The highest BCUT2D eigenvalue weighted by molar-refractivity contribution is 9.08. The number of anilines is 1. The first-order valence-electron chi connectivity index (χ1n) is 5.76. The Balaban J connectivity index is 2.20. The second-order valence-electron chi connectivity index (χ2n) is 3.98. The number of nitrogens with zero attached hydrogens (tertiary/aromatic N) is 1. The Morgan fingerprint density at radius 3 is 2.53 bits per heavy atom. The highest BCUT2D eigenvalue weighted by Crippen LogP contribution is 2.16. The molecule has 2 aromatic rings. The lowest BCUT2D eigenvalue weighted by molar-refractivity contribution is 0.598. The minimum Gasteiger partial charge on any atom is -0.332 e. The van der Waals surface area contributed by atoms with Gasteiger partial charge in [-0.15, -0.1) is 0 Å². The predicted octanol–water partition coefficient (Wildman–Crippen LogP) is 2.67. The van der Waals surface area contributed by atoms with Gasteiger partial charge in [0.1, 0.15) is 5.82 Å². The maximum Gasteiger partial charge on any atom is 0.278 e. The van der Waals surface area contributed by atoms with Gasteiger partial charge in [0.15, 0.2) is 5.03 Å². The molecular formula is C12H14BrN3O2S. The summed E-state index contributed by atoms with van der Waals surface area (Å²) < 4.78 is 26.7. The summed E-state index contributed by atoms with van der Waals surface area (Å²) in [6.07, 6.45) is 1.99. The Labute approximate surface area is 120 Å². The summed E-state index contributed by atoms with van der Waals surface area (Å²) in [5.74, 6) is 0.648. The lowest BCUT2D eigenvalue weighted by Gasteiger charge is -2.06. The van der Waals surface area contributed by atoms with Gasteiger partial charge in [-0.3, -0.25) is 4.72 Å². The van der Waals surface area contributed by atoms with Crippen LogP contribution in [0.3, 0.4) is 0 Å². The van der Waals surface area contributed by atoms with Gasteiger partial charge in [0.25, 0.3) is 10.0 Å². The molecule has 7 heteroatoms. The molecule has 0 atom stereocenters. The third-order valence-corrected chi connectivity index (χ3v) is 4.53. The fourth-order valence-electron chi connectivity index (χ4n) is 1.53. The third-order valence-electron chi connectivity index (χ3n) is 2.59. The van der Waals surface area contributed by atoms with Gasteiger partial charge in [-0.05, 0) is 17.7 Å². The highest BCUT2D eigenvalue weighted by atomic mass is 79.9. The summed E-state index contributed by atoms with van der Waals surface area (Å²) in [7, 11) is -3.60. The number of rotatable bonds is 5. The van der Waals surface area contributed by atoms with Crippen LogP contribution in [-0.2, 0) is 21.8 Å². The molecule has 1 aromatic heterocycles. The Hall–Kier alpha value is -1.34. The zero-order valence-electron chi connectivity index (χ0n) is 10.4. The quantitative estimate of drug-likeness (QED) is 0.819. The van der Waals surface area contributed by atoms with Crippen molar-refractivity contribution in [2.24, 2.45) is 0 Å². The minimum atomic E-state index is -3.60. The Morgan fingerprint density at radius 1 is 1.32 bits per heavy atom. The van der Waals surface area contributed by atoms with Crippen LogP contribution in [-0.4, -0.2) is 18.4 Å². The summed E-state index contributed by atoms with van der Waals surface area (Å²) in [6, 6.07) is 7.17. The smallest absolute Gasteiger partial charge is 0.278 e. The van der Waals surface area contributed by atoms with Gasteiger partial charge in [0, 0.05) is 17.4 Å². The maximum absolute atomic E-state index is 12.1. The van der Waals surface area contributed by atoms with Crippen molar-refractivity contribution in [2.45, 2.75) is 23.7 Å². The molecule has 0 aliphatic heterocycles. The standard InChI is InChI=1S/C12H14BrN3O2S/c1-2-11-14-8-12(15-11)19(17,18)16-10-5-3-9(7-13)4-6-10/h3-6,8,16H,2,7H2,1H3,(H,14,15). The molecule has 0 spiro atoms. The Kier molecular flexibility index (Phi) is 4.26. The van der Waals surface area contributed by atoms with E-state index in [9.17, 15) is 8.42 Å². The molecule has 102 valence electrons. The van der Waals surface area contributed by atoms with Gasteiger partial charge in [0.05, 0.1) is 6.20 Å². The van der Waals surface area contributed by atoms with Crippen molar-refractivity contribution in [2.75, 3.05) is 4.72 Å². The van der Waals surface area contributed by atoms with E-state index in [1.807, 2.05) is 19.1 Å². The summed E-state index contributed by atoms with van der Waals surface area (Å²) in [4.78, 5) is 6.77. The van der Waals surface area contributed by atoms with E-state index in [-0.39, 0.29) is 5.03 Å². The van der Waals surface area contributed by atoms with E-state index in [1.165, 1.54) is 6.20 Å². The lowest BCUT2D eigenvalue weighted by atomic mass is 10.2. The molecule has 5 nitrogen and oxygen atoms in total. The summed E-state index contributed by atoms with van der Waals surface area (Å²) in [5.41, 5.74) is 1.61. The first-order valence-corrected chi connectivity index (χ1v) is 8.37. The molecule has 2 N–H and O–H groups in total. The van der Waals surface area contributed by atoms with Crippen molar-refractivity contribution >= 4 is 31.6 Å². The van der Waals surface area contributed by atoms with E-state index >= 15 is 0 Å². The van der Waals surface area contributed by atoms with Gasteiger partial charge in [-0.2, -0.15) is 8.42 Å². The average Bonchev–Trinajstić information content (AvgIpc) is 2.89. The average molecular weight is 344 g/mol. The van der Waals surface area contributed by atoms with Gasteiger partial charge in [-0.1, -0.05) is 35.0 Å². The summed E-state index contributed by atoms with van der Waals surface area (Å²) in [6.45, 7) is 1.90. The topological polar surface area (TPSA) is 74.8 Å². The number of imidazole rings is 1. The van der Waals surface area contributed by atoms with Crippen molar-refractivity contribution < 1.29 is 8.42 Å². The normalized spacial score (nSPS) is 11.5. The van der Waals surface area contributed by atoms with Crippen molar-refractivity contribution in [1.29, 1.82) is 0 Å². The van der Waals surface area contributed by atoms with Crippen molar-refractivity contribution in [1.82, 2.24) is 9.97 Å². The van der Waals surface area contributed by atoms with E-state index < -0.39 is 10.0 Å². The maximum atomic E-state index is 12.1. The molecule has 0 amide bonds. The number of nitrogens with one attached hydrogen (secondary N) is 2. The summed E-state index contributed by atoms with van der Waals surface area (Å²) in [5, 5.41) is 0.814. The van der Waals surface area contributed by atoms with Crippen LogP contribution >= 0.6 is 15.9 Å². The molecule has 2 rings (SSSR count). The number of sulfonamides is 1. The Morgan fingerprint density at radius 2 is 2.00 bits per heavy atom. The molecule has 0 unspecified atom stereocenters. The number of halogens is 1. The van der Waals surface area contributed by atoms with E-state index in [0.29, 0.717) is 17.9 Å². The number of H-pyrrole nitrogens is 1. The highest BCUT2D eigenvalue weighted by Gasteiger charge is 2.16. The van der Waals surface area contributed by atoms with Gasteiger partial charge in [-0.25, -0.2) is 4.98 Å². The number of aromatic nitrogens is 2. The van der Waals surface area contributed by atoms with Crippen LogP contribution in [0.2, 0.25) is 0 Å². The van der Waals surface area contributed by atoms with Crippen molar-refractivity contribution in [3.63, 3.8) is 0 Å². The number of hydrogen-bond acceptors (Lipinski definition) is 3. The molecule has 0 saturated heterocycles. The summed E-state index contributed by atoms with van der Waals surface area (Å²) >= 11 is 3.34. The van der Waals surface area contributed by atoms with Crippen LogP contribution in [0, 0.1) is 0 Å². The van der Waals surface area contributed by atoms with Gasteiger partial charge in [0.2, 0.25) is 0 Å². The van der Waals surface area contributed by atoms with Crippen LogP contribution < -0.4 is 4.72 Å². The molecule has 0 aliphatic rings. The largest absolute Gasteiger partial charge is 0.332 e. The first-order chi connectivity index (χ1) is 9.05. The fourth-order valence-corrected chi connectivity index (χ4v) is 2.91. The van der Waals surface area contributed by atoms with Crippen molar-refractivity contribution in [3.05, 3.63) is 41.9 Å². The second kappa shape index (κ2) is 5.75. The third kappa shape index (κ3) is 3.36. The fraction of sp³-hybridized carbons (Fsp3) is 0.250.